The van der Waals surface area contributed by atoms with Gasteiger partial charge in [0, 0.05) is 23.7 Å². The maximum absolute atomic E-state index is 7.36. The Bertz CT molecular complexity index is 555. The van der Waals surface area contributed by atoms with E-state index in [2.05, 4.69) is 15.0 Å². The van der Waals surface area contributed by atoms with Gasteiger partial charge in [0.2, 0.25) is 0 Å². The molecular weight excluding hydrogens is 234 g/mol. The van der Waals surface area contributed by atoms with Crippen LogP contribution in [0.15, 0.2) is 40.8 Å². The fraction of sp³-hybridized carbons (Fsp3) is 0.0909. The largest absolute Gasteiger partial charge is 0.384 e. The normalized spacial score (nSPS) is 10.2. The highest BCUT2D eigenvalue weighted by atomic mass is 32.2. The van der Waals surface area contributed by atoms with E-state index in [4.69, 9.17) is 11.1 Å². The zero-order valence-corrected chi connectivity index (χ0v) is 10.0. The van der Waals surface area contributed by atoms with Crippen molar-refractivity contribution in [1.29, 1.82) is 5.41 Å². The molecule has 0 saturated heterocycles. The fourth-order valence-electron chi connectivity index (χ4n) is 1.20. The van der Waals surface area contributed by atoms with Crippen molar-refractivity contribution in [2.24, 2.45) is 5.73 Å². The Labute approximate surface area is 103 Å². The molecule has 0 aliphatic rings. The van der Waals surface area contributed by atoms with E-state index in [9.17, 15) is 0 Å². The van der Waals surface area contributed by atoms with E-state index in [-0.39, 0.29) is 5.84 Å². The third-order valence-electron chi connectivity index (χ3n) is 2.01. The quantitative estimate of drug-likeness (QED) is 0.487. The van der Waals surface area contributed by atoms with Crippen LogP contribution >= 0.6 is 11.8 Å². The van der Waals surface area contributed by atoms with Gasteiger partial charge in [0.25, 0.3) is 0 Å². The van der Waals surface area contributed by atoms with E-state index < -0.39 is 0 Å². The maximum atomic E-state index is 7.36. The predicted octanol–water partition coefficient (Wildman–Crippen LogP) is 1.62. The molecule has 0 amide bonds. The molecule has 0 aliphatic heterocycles. The summed E-state index contributed by atoms with van der Waals surface area (Å²) in [6.07, 6.45) is 3.33. The van der Waals surface area contributed by atoms with E-state index in [0.29, 0.717) is 10.7 Å². The van der Waals surface area contributed by atoms with Gasteiger partial charge in [0.1, 0.15) is 10.9 Å². The summed E-state index contributed by atoms with van der Waals surface area (Å²) in [5.41, 5.74) is 6.97. The number of hydrogen-bond acceptors (Lipinski definition) is 5. The predicted molar refractivity (Wildman–Crippen MR) is 66.1 cm³/mol. The molecule has 0 atom stereocenters. The highest BCUT2D eigenvalue weighted by Gasteiger charge is 2.04. The Balaban J connectivity index is 2.24. The van der Waals surface area contributed by atoms with Gasteiger partial charge in [-0.05, 0) is 36.9 Å². The SMILES string of the molecule is Cc1ccnc(Sc2cc(C(=N)N)ccn2)n1. The van der Waals surface area contributed by atoms with Crippen LogP contribution in [0.2, 0.25) is 0 Å². The van der Waals surface area contributed by atoms with Crippen molar-refractivity contribution in [3.05, 3.63) is 41.9 Å². The number of nitrogens with two attached hydrogens (primary N) is 1. The number of rotatable bonds is 3. The zero-order chi connectivity index (χ0) is 12.3. The monoisotopic (exact) mass is 245 g/mol. The standard InChI is InChI=1S/C11H11N5S/c1-7-2-4-15-11(16-7)17-9-6-8(10(12)13)3-5-14-9/h2-6H,1H3,(H3,12,13). The van der Waals surface area contributed by atoms with Crippen molar-refractivity contribution in [1.82, 2.24) is 15.0 Å². The molecule has 2 aromatic rings. The van der Waals surface area contributed by atoms with Crippen LogP contribution in [0.4, 0.5) is 0 Å². The third kappa shape index (κ3) is 3.01. The van der Waals surface area contributed by atoms with E-state index in [1.807, 2.05) is 13.0 Å². The Morgan fingerprint density at radius 2 is 2.06 bits per heavy atom. The van der Waals surface area contributed by atoms with Crippen molar-refractivity contribution < 1.29 is 0 Å². The fourth-order valence-corrected chi connectivity index (χ4v) is 1.99. The second-order valence-electron chi connectivity index (χ2n) is 3.38. The lowest BCUT2D eigenvalue weighted by atomic mass is 10.2. The number of aromatic nitrogens is 3. The van der Waals surface area contributed by atoms with Gasteiger partial charge >= 0.3 is 0 Å². The molecule has 0 bridgehead atoms. The number of amidine groups is 1. The van der Waals surface area contributed by atoms with Gasteiger partial charge in [0.15, 0.2) is 5.16 Å². The zero-order valence-electron chi connectivity index (χ0n) is 9.21. The minimum Gasteiger partial charge on any atom is -0.384 e. The molecule has 2 rings (SSSR count). The van der Waals surface area contributed by atoms with Crippen molar-refractivity contribution in [3.8, 4) is 0 Å². The van der Waals surface area contributed by atoms with Crippen LogP contribution in [0.25, 0.3) is 0 Å². The van der Waals surface area contributed by atoms with E-state index in [1.165, 1.54) is 11.8 Å². The minimum absolute atomic E-state index is 0.0272. The van der Waals surface area contributed by atoms with Crippen molar-refractivity contribution in [2.75, 3.05) is 0 Å². The van der Waals surface area contributed by atoms with Gasteiger partial charge in [-0.2, -0.15) is 0 Å². The van der Waals surface area contributed by atoms with Gasteiger partial charge in [-0.1, -0.05) is 0 Å². The average molecular weight is 245 g/mol. The van der Waals surface area contributed by atoms with Crippen molar-refractivity contribution in [2.45, 2.75) is 17.1 Å². The molecule has 3 N–H and O–H groups in total. The summed E-state index contributed by atoms with van der Waals surface area (Å²) in [7, 11) is 0. The van der Waals surface area contributed by atoms with Crippen LogP contribution < -0.4 is 5.73 Å². The van der Waals surface area contributed by atoms with Gasteiger partial charge in [0.05, 0.1) is 0 Å². The van der Waals surface area contributed by atoms with Gasteiger partial charge in [-0.15, -0.1) is 0 Å². The Morgan fingerprint density at radius 3 is 2.76 bits per heavy atom. The second kappa shape index (κ2) is 4.92. The Morgan fingerprint density at radius 1 is 1.29 bits per heavy atom. The summed E-state index contributed by atoms with van der Waals surface area (Å²) < 4.78 is 0. The molecule has 0 aromatic carbocycles. The number of nitrogens with one attached hydrogen (secondary N) is 1. The maximum Gasteiger partial charge on any atom is 0.194 e. The van der Waals surface area contributed by atoms with Crippen LogP contribution in [0.5, 0.6) is 0 Å². The van der Waals surface area contributed by atoms with Gasteiger partial charge in [-0.3, -0.25) is 5.41 Å². The second-order valence-corrected chi connectivity index (χ2v) is 4.37. The Kier molecular flexibility index (Phi) is 3.34. The van der Waals surface area contributed by atoms with Crippen LogP contribution in [-0.2, 0) is 0 Å². The number of hydrogen-bond donors (Lipinski definition) is 2. The molecule has 0 saturated carbocycles. The summed E-state index contributed by atoms with van der Waals surface area (Å²) in [5.74, 6) is 0.0272. The number of nitrogen functional groups attached to an aromatic ring is 1. The Hall–Kier alpha value is -1.95. The lowest BCUT2D eigenvalue weighted by Gasteiger charge is -2.02. The molecule has 0 spiro atoms. The molecule has 6 heteroatoms. The van der Waals surface area contributed by atoms with Crippen LogP contribution in [0, 0.1) is 12.3 Å². The lowest BCUT2D eigenvalue weighted by molar-refractivity contribution is 0.927. The smallest absolute Gasteiger partial charge is 0.194 e. The van der Waals surface area contributed by atoms with Crippen LogP contribution in [-0.4, -0.2) is 20.8 Å². The summed E-state index contributed by atoms with van der Waals surface area (Å²) in [6.45, 7) is 1.91. The van der Waals surface area contributed by atoms with Gasteiger partial charge < -0.3 is 5.73 Å². The third-order valence-corrected chi connectivity index (χ3v) is 2.83. The highest BCUT2D eigenvalue weighted by Crippen LogP contribution is 2.22. The minimum atomic E-state index is 0.0272. The first-order valence-electron chi connectivity index (χ1n) is 4.93. The first-order chi connectivity index (χ1) is 8.15. The highest BCUT2D eigenvalue weighted by molar-refractivity contribution is 7.99. The lowest BCUT2D eigenvalue weighted by Crippen LogP contribution is -2.11. The number of pyridine rings is 1. The summed E-state index contributed by atoms with van der Waals surface area (Å²) in [6, 6.07) is 5.28. The topological polar surface area (TPSA) is 88.5 Å². The van der Waals surface area contributed by atoms with E-state index in [0.717, 1.165) is 10.7 Å². The average Bonchev–Trinajstić information content (AvgIpc) is 2.29. The number of nitrogens with zero attached hydrogens (tertiary/aromatic N) is 3. The van der Waals surface area contributed by atoms with Crippen molar-refractivity contribution in [3.63, 3.8) is 0 Å². The molecule has 2 aromatic heterocycles. The first kappa shape index (κ1) is 11.5. The summed E-state index contributed by atoms with van der Waals surface area (Å²) in [4.78, 5) is 12.6. The van der Waals surface area contributed by atoms with Crippen LogP contribution in [0.1, 0.15) is 11.3 Å². The van der Waals surface area contributed by atoms with E-state index in [1.54, 1.807) is 24.5 Å². The van der Waals surface area contributed by atoms with Crippen molar-refractivity contribution >= 4 is 17.6 Å². The molecule has 0 fully saturated rings. The molecule has 5 nitrogen and oxygen atoms in total. The molecular formula is C11H11N5S. The summed E-state index contributed by atoms with van der Waals surface area (Å²) >= 11 is 1.35. The van der Waals surface area contributed by atoms with E-state index >= 15 is 0 Å². The van der Waals surface area contributed by atoms with Crippen LogP contribution in [0.3, 0.4) is 0 Å². The van der Waals surface area contributed by atoms with Gasteiger partial charge in [-0.25, -0.2) is 15.0 Å². The molecule has 86 valence electrons. The number of aryl methyl sites for hydroxylation is 1. The molecule has 0 unspecified atom stereocenters. The first-order valence-corrected chi connectivity index (χ1v) is 5.75. The summed E-state index contributed by atoms with van der Waals surface area (Å²) in [5, 5.41) is 8.72. The molecule has 2 heterocycles. The molecule has 0 radical (unpaired) electrons. The molecule has 17 heavy (non-hydrogen) atoms. The molecule has 0 aliphatic carbocycles.